The predicted octanol–water partition coefficient (Wildman–Crippen LogP) is 6.32. The average Bonchev–Trinajstić information content (AvgIpc) is 3.92. The number of aromatic nitrogens is 4. The van der Waals surface area contributed by atoms with Gasteiger partial charge in [-0.05, 0) is 66.8 Å². The number of carbonyl (C=O) groups excluding carboxylic acids is 3. The Morgan fingerprint density at radius 1 is 1.00 bits per heavy atom. The van der Waals surface area contributed by atoms with Gasteiger partial charge in [0.25, 0.3) is 11.8 Å². The Bertz CT molecular complexity index is 2470. The van der Waals surface area contributed by atoms with Crippen molar-refractivity contribution >= 4 is 57.8 Å². The molecule has 4 N–H and O–H groups in total. The first-order valence-corrected chi connectivity index (χ1v) is 20.5. The molecule has 59 heavy (non-hydrogen) atoms. The number of carbonyl (C=O) groups is 3. The van der Waals surface area contributed by atoms with E-state index in [-0.39, 0.29) is 43.6 Å². The molecular weight excluding hydrogens is 778 g/mol. The molecule has 5 aromatic rings. The molecule has 7 heterocycles. The number of nitrogens with one attached hydrogen (secondary N) is 2. The van der Waals surface area contributed by atoms with Crippen molar-refractivity contribution in [3.8, 4) is 11.3 Å². The topological polar surface area (TPSA) is 154 Å². The number of fused-ring (bicyclic) bond motifs is 2. The highest BCUT2D eigenvalue weighted by atomic mass is 35.5. The monoisotopic (exact) mass is 822 g/mol. The van der Waals surface area contributed by atoms with Crippen LogP contribution in [-0.2, 0) is 22.6 Å². The van der Waals surface area contributed by atoms with E-state index < -0.39 is 23.2 Å². The van der Waals surface area contributed by atoms with Gasteiger partial charge in [0.1, 0.15) is 5.69 Å². The molecule has 3 aromatic heterocycles. The molecule has 0 radical (unpaired) electrons. The van der Waals surface area contributed by atoms with Gasteiger partial charge in [-0.2, -0.15) is 0 Å². The van der Waals surface area contributed by atoms with Gasteiger partial charge >= 0.3 is 0 Å². The summed E-state index contributed by atoms with van der Waals surface area (Å²) in [4.78, 5) is 50.9. The molecule has 1 atom stereocenters. The number of primary amides is 1. The van der Waals surface area contributed by atoms with Crippen molar-refractivity contribution in [3.63, 3.8) is 0 Å². The van der Waals surface area contributed by atoms with Gasteiger partial charge in [0, 0.05) is 73.9 Å². The second kappa shape index (κ2) is 15.2. The van der Waals surface area contributed by atoms with Crippen molar-refractivity contribution in [2.45, 2.75) is 63.3 Å². The number of imidazole rings is 1. The molecule has 3 amide bonds. The number of hydrogen-bond acceptors (Lipinski definition) is 10. The highest BCUT2D eigenvalue weighted by molar-refractivity contribution is 6.32. The van der Waals surface area contributed by atoms with Gasteiger partial charge in [0.05, 0.1) is 35.5 Å². The van der Waals surface area contributed by atoms with Crippen LogP contribution in [-0.4, -0.2) is 87.9 Å². The third-order valence-electron chi connectivity index (χ3n) is 12.2. The number of pyridine rings is 1. The fraction of sp³-hybridized carbons (Fsp3) is 0.395. The van der Waals surface area contributed by atoms with E-state index in [0.29, 0.717) is 60.2 Å². The number of halogens is 3. The number of nitrogens with two attached hydrogens (primary N) is 1. The smallest absolute Gasteiger partial charge is 0.269 e. The van der Waals surface area contributed by atoms with Crippen LogP contribution in [0.2, 0.25) is 5.02 Å². The predicted molar refractivity (Wildman–Crippen MR) is 221 cm³/mol. The van der Waals surface area contributed by atoms with Crippen LogP contribution in [0.5, 0.6) is 0 Å². The molecule has 306 valence electrons. The Balaban J connectivity index is 0.00000143. The third-order valence-corrected chi connectivity index (χ3v) is 12.5. The number of piperidine rings is 2. The molecule has 5 aliphatic rings. The number of anilines is 4. The molecular formula is C43H45ClF2N10O3. The zero-order valence-corrected chi connectivity index (χ0v) is 33.4. The number of rotatable bonds is 8. The molecule has 4 aliphatic heterocycles. The number of imide groups is 1. The molecule has 16 heteroatoms. The molecule has 1 unspecified atom stereocenters. The van der Waals surface area contributed by atoms with Crippen molar-refractivity contribution in [3.05, 3.63) is 94.4 Å². The van der Waals surface area contributed by atoms with Crippen LogP contribution in [0.1, 0.15) is 71.6 Å². The van der Waals surface area contributed by atoms with Crippen LogP contribution in [0.3, 0.4) is 0 Å². The summed E-state index contributed by atoms with van der Waals surface area (Å²) in [6.45, 7) is 1.67. The van der Waals surface area contributed by atoms with Crippen molar-refractivity contribution in [1.82, 2.24) is 29.8 Å². The minimum atomic E-state index is -2.89. The maximum absolute atomic E-state index is 15.9. The van der Waals surface area contributed by atoms with Crippen molar-refractivity contribution in [2.75, 3.05) is 54.9 Å². The second-order valence-corrected chi connectivity index (χ2v) is 16.6. The molecule has 13 nitrogen and oxygen atoms in total. The lowest BCUT2D eigenvalue weighted by atomic mass is 9.69. The number of nitrogens with zero attached hydrogens (tertiary/aromatic N) is 7. The highest BCUT2D eigenvalue weighted by Crippen LogP contribution is 2.52. The largest absolute Gasteiger partial charge is 0.385 e. The van der Waals surface area contributed by atoms with E-state index >= 15 is 8.78 Å². The van der Waals surface area contributed by atoms with Crippen molar-refractivity contribution < 1.29 is 23.2 Å². The van der Waals surface area contributed by atoms with Crippen LogP contribution in [0.4, 0.5) is 31.7 Å². The van der Waals surface area contributed by atoms with Crippen LogP contribution in [0.25, 0.3) is 16.9 Å². The first kappa shape index (κ1) is 38.8. The molecule has 1 aliphatic carbocycles. The molecule has 2 aromatic carbocycles. The second-order valence-electron chi connectivity index (χ2n) is 16.2. The fourth-order valence-electron chi connectivity index (χ4n) is 8.75. The summed E-state index contributed by atoms with van der Waals surface area (Å²) in [5.41, 5.74) is 12.0. The van der Waals surface area contributed by atoms with Gasteiger partial charge in [0.2, 0.25) is 11.8 Å². The average molecular weight is 823 g/mol. The summed E-state index contributed by atoms with van der Waals surface area (Å²) in [7, 11) is 1.78. The third kappa shape index (κ3) is 7.24. The number of likely N-dealkylation sites (tertiary alicyclic amines) is 1. The van der Waals surface area contributed by atoms with E-state index in [9.17, 15) is 14.4 Å². The minimum Gasteiger partial charge on any atom is -0.385 e. The Labute approximate surface area is 344 Å². The zero-order valence-electron chi connectivity index (χ0n) is 32.7. The summed E-state index contributed by atoms with van der Waals surface area (Å²) in [5, 5.41) is 10.6. The van der Waals surface area contributed by atoms with Crippen LogP contribution >= 0.6 is 11.6 Å². The Hall–Kier alpha value is -5.67. The van der Waals surface area contributed by atoms with E-state index in [1.165, 1.54) is 30.0 Å². The van der Waals surface area contributed by atoms with E-state index in [0.717, 1.165) is 40.2 Å². The molecule has 1 saturated carbocycles. The van der Waals surface area contributed by atoms with Gasteiger partial charge in [-0.15, -0.1) is 5.10 Å². The molecule has 3 saturated heterocycles. The van der Waals surface area contributed by atoms with Gasteiger partial charge in [-0.1, -0.05) is 55.1 Å². The summed E-state index contributed by atoms with van der Waals surface area (Å²) >= 11 is 6.58. The maximum Gasteiger partial charge on any atom is 0.269 e. The number of alkyl halides is 2. The fourth-order valence-corrected chi connectivity index (χ4v) is 9.05. The summed E-state index contributed by atoms with van der Waals surface area (Å²) in [6, 6.07) is 17.2. The van der Waals surface area contributed by atoms with Gasteiger partial charge in [-0.3, -0.25) is 29.6 Å². The Morgan fingerprint density at radius 2 is 1.81 bits per heavy atom. The number of benzene rings is 2. The molecule has 10 rings (SSSR count). The van der Waals surface area contributed by atoms with E-state index in [1.54, 1.807) is 25.4 Å². The van der Waals surface area contributed by atoms with E-state index in [1.807, 2.05) is 52.3 Å². The van der Waals surface area contributed by atoms with E-state index in [4.69, 9.17) is 27.4 Å². The van der Waals surface area contributed by atoms with Crippen LogP contribution in [0, 0.1) is 5.41 Å². The number of hydrogen-bond donors (Lipinski definition) is 3. The normalized spacial score (nSPS) is 20.4. The SMILES string of the molecule is C1CC1.CNc1cc(N2CCc3c(-c4ccc(CN5CCC6(CN(c7ccc(C8CCC(=O)NC8=O)c(Cl)c7)C6)C(F)(F)C5)cn4)cccc32)nn2c(C(N)=O)cnc12. The molecule has 1 spiro atoms. The maximum atomic E-state index is 15.9. The first-order valence-electron chi connectivity index (χ1n) is 20.1. The standard InChI is InChI=1S/C40H39ClF2N10O3.C3H6/c1-45-31-16-34(49-53-33(36(44)55)18-47-37(31)53)52-13-11-27-26(3-2-4-32(27)52)30-9-5-23(17-46-30)19-50-14-12-39(40(42,43)22-50)20-51(21-39)24-6-7-25(29(41)15-24)28-8-10-35(54)48-38(28)56;1-2-3-1/h2-7,9,15-18,28,45H,8,10-14,19-22H2,1H3,(H2,44,55)(H,48,54,56);1-3H2. The summed E-state index contributed by atoms with van der Waals surface area (Å²) < 4.78 is 33.3. The summed E-state index contributed by atoms with van der Waals surface area (Å²) in [5.74, 6) is -4.04. The van der Waals surface area contributed by atoms with Gasteiger partial charge in [0.15, 0.2) is 11.5 Å². The minimum absolute atomic E-state index is 0.191. The molecule has 0 bridgehead atoms. The van der Waals surface area contributed by atoms with Crippen molar-refractivity contribution in [1.29, 1.82) is 0 Å². The lowest BCUT2D eigenvalue weighted by molar-refractivity contribution is -0.181. The Morgan fingerprint density at radius 3 is 2.49 bits per heavy atom. The molecule has 4 fully saturated rings. The van der Waals surface area contributed by atoms with Gasteiger partial charge < -0.3 is 20.9 Å². The van der Waals surface area contributed by atoms with Crippen LogP contribution < -0.4 is 26.2 Å². The lowest BCUT2D eigenvalue weighted by Crippen LogP contribution is -2.70. The van der Waals surface area contributed by atoms with Crippen molar-refractivity contribution in [2.24, 2.45) is 11.1 Å². The summed E-state index contributed by atoms with van der Waals surface area (Å²) in [6.07, 6.45) is 9.44. The van der Waals surface area contributed by atoms with Gasteiger partial charge in [-0.25, -0.2) is 18.3 Å². The Kier molecular flexibility index (Phi) is 9.98. The highest BCUT2D eigenvalue weighted by Gasteiger charge is 2.62. The number of amides is 3. The lowest BCUT2D eigenvalue weighted by Gasteiger charge is -2.58. The first-order chi connectivity index (χ1) is 28.4. The van der Waals surface area contributed by atoms with E-state index in [2.05, 4.69) is 20.5 Å². The quantitative estimate of drug-likeness (QED) is 0.152. The zero-order chi connectivity index (χ0) is 41.1. The van der Waals surface area contributed by atoms with Crippen LogP contribution in [0.15, 0.2) is 67.0 Å².